The molecule has 96 valence electrons. The van der Waals surface area contributed by atoms with Crippen molar-refractivity contribution in [3.63, 3.8) is 0 Å². The van der Waals surface area contributed by atoms with Crippen LogP contribution >= 0.6 is 11.3 Å². The normalized spacial score (nSPS) is 12.5. The van der Waals surface area contributed by atoms with Gasteiger partial charge in [0.1, 0.15) is 0 Å². The highest BCUT2D eigenvalue weighted by Crippen LogP contribution is 2.12. The maximum atomic E-state index is 4.38. The monoisotopic (exact) mass is 260 g/mol. The van der Waals surface area contributed by atoms with Gasteiger partial charge in [0.15, 0.2) is 0 Å². The van der Waals surface area contributed by atoms with Gasteiger partial charge in [-0.3, -0.25) is 4.98 Å². The molecule has 0 aliphatic carbocycles. The van der Waals surface area contributed by atoms with Gasteiger partial charge in [-0.2, -0.15) is 11.3 Å². The summed E-state index contributed by atoms with van der Waals surface area (Å²) in [7, 11) is 0. The number of nitrogens with zero attached hydrogens (tertiary/aromatic N) is 1. The van der Waals surface area contributed by atoms with E-state index in [9.17, 15) is 0 Å². The highest BCUT2D eigenvalue weighted by atomic mass is 32.1. The molecule has 2 rings (SSSR count). The van der Waals surface area contributed by atoms with Crippen LogP contribution in [-0.4, -0.2) is 17.6 Å². The first-order valence-corrected chi connectivity index (χ1v) is 7.47. The molecule has 1 unspecified atom stereocenters. The lowest BCUT2D eigenvalue weighted by Gasteiger charge is -2.17. The van der Waals surface area contributed by atoms with E-state index in [1.54, 1.807) is 11.3 Å². The minimum absolute atomic E-state index is 0.548. The molecule has 1 N–H and O–H groups in total. The van der Waals surface area contributed by atoms with E-state index in [-0.39, 0.29) is 0 Å². The van der Waals surface area contributed by atoms with E-state index in [1.165, 1.54) is 11.3 Å². The van der Waals surface area contributed by atoms with Gasteiger partial charge in [-0.1, -0.05) is 13.0 Å². The molecular weight excluding hydrogens is 240 g/mol. The van der Waals surface area contributed by atoms with Gasteiger partial charge in [0, 0.05) is 17.9 Å². The van der Waals surface area contributed by atoms with E-state index in [0.29, 0.717) is 6.04 Å². The van der Waals surface area contributed by atoms with Crippen molar-refractivity contribution in [2.45, 2.75) is 32.2 Å². The number of rotatable bonds is 7. The molecule has 0 bridgehead atoms. The lowest BCUT2D eigenvalue weighted by atomic mass is 10.0. The Morgan fingerprint density at radius 3 is 2.94 bits per heavy atom. The molecule has 1 atom stereocenters. The van der Waals surface area contributed by atoms with Crippen LogP contribution in [0.15, 0.2) is 41.2 Å². The van der Waals surface area contributed by atoms with E-state index in [2.05, 4.69) is 46.2 Å². The predicted molar refractivity (Wildman–Crippen MR) is 78.0 cm³/mol. The first kappa shape index (κ1) is 13.2. The molecule has 0 aliphatic rings. The van der Waals surface area contributed by atoms with Crippen molar-refractivity contribution in [1.82, 2.24) is 10.3 Å². The Labute approximate surface area is 113 Å². The van der Waals surface area contributed by atoms with Gasteiger partial charge >= 0.3 is 0 Å². The number of aromatic nitrogens is 1. The van der Waals surface area contributed by atoms with Crippen LogP contribution in [0, 0.1) is 0 Å². The Morgan fingerprint density at radius 1 is 1.33 bits per heavy atom. The molecule has 0 amide bonds. The molecule has 3 heteroatoms. The van der Waals surface area contributed by atoms with Gasteiger partial charge in [-0.05, 0) is 60.3 Å². The molecule has 18 heavy (non-hydrogen) atoms. The van der Waals surface area contributed by atoms with Crippen LogP contribution in [0.1, 0.15) is 24.6 Å². The third-order valence-electron chi connectivity index (χ3n) is 3.03. The van der Waals surface area contributed by atoms with Gasteiger partial charge in [-0.25, -0.2) is 0 Å². The van der Waals surface area contributed by atoms with Gasteiger partial charge in [0.25, 0.3) is 0 Å². The van der Waals surface area contributed by atoms with Gasteiger partial charge in [0.2, 0.25) is 0 Å². The number of nitrogens with one attached hydrogen (secondary N) is 1. The Morgan fingerprint density at radius 2 is 2.28 bits per heavy atom. The van der Waals surface area contributed by atoms with E-state index in [4.69, 9.17) is 0 Å². The van der Waals surface area contributed by atoms with E-state index in [0.717, 1.165) is 25.8 Å². The largest absolute Gasteiger partial charge is 0.314 e. The second kappa shape index (κ2) is 7.29. The number of thiophene rings is 1. The standard InChI is InChI=1S/C15H20N2S/c1-2-16-15(11-13-8-10-18-12-13)7-6-14-5-3-4-9-17-14/h3-5,8-10,12,15-16H,2,6-7,11H2,1H3. The summed E-state index contributed by atoms with van der Waals surface area (Å²) in [6.07, 6.45) is 5.17. The van der Waals surface area contributed by atoms with Crippen LogP contribution in [0.2, 0.25) is 0 Å². The quantitative estimate of drug-likeness (QED) is 0.826. The molecule has 0 aliphatic heterocycles. The molecule has 2 aromatic rings. The zero-order valence-corrected chi connectivity index (χ0v) is 11.6. The zero-order valence-electron chi connectivity index (χ0n) is 10.8. The fourth-order valence-electron chi connectivity index (χ4n) is 2.13. The number of hydrogen-bond donors (Lipinski definition) is 1. The van der Waals surface area contributed by atoms with Crippen LogP contribution in [0.3, 0.4) is 0 Å². The highest BCUT2D eigenvalue weighted by molar-refractivity contribution is 7.07. The van der Waals surface area contributed by atoms with E-state index >= 15 is 0 Å². The number of aryl methyl sites for hydroxylation is 1. The SMILES string of the molecule is CCNC(CCc1ccccn1)Cc1ccsc1. The number of hydrogen-bond acceptors (Lipinski definition) is 3. The fraction of sp³-hybridized carbons (Fsp3) is 0.400. The molecule has 0 fully saturated rings. The first-order chi connectivity index (χ1) is 8.88. The van der Waals surface area contributed by atoms with Crippen LogP contribution in [0.25, 0.3) is 0 Å². The van der Waals surface area contributed by atoms with E-state index < -0.39 is 0 Å². The van der Waals surface area contributed by atoms with Gasteiger partial charge < -0.3 is 5.32 Å². The van der Waals surface area contributed by atoms with Gasteiger partial charge in [0.05, 0.1) is 0 Å². The Hall–Kier alpha value is -1.19. The summed E-state index contributed by atoms with van der Waals surface area (Å²) >= 11 is 1.77. The lowest BCUT2D eigenvalue weighted by molar-refractivity contribution is 0.489. The van der Waals surface area contributed by atoms with Crippen molar-refractivity contribution in [2.75, 3.05) is 6.54 Å². The molecule has 0 aromatic carbocycles. The third kappa shape index (κ3) is 4.24. The number of pyridine rings is 1. The molecule has 0 spiro atoms. The summed E-state index contributed by atoms with van der Waals surface area (Å²) in [4.78, 5) is 4.38. The maximum absolute atomic E-state index is 4.38. The molecule has 2 heterocycles. The topological polar surface area (TPSA) is 24.9 Å². The molecular formula is C15H20N2S. The van der Waals surface area contributed by atoms with Crippen molar-refractivity contribution in [3.8, 4) is 0 Å². The third-order valence-corrected chi connectivity index (χ3v) is 3.76. The lowest BCUT2D eigenvalue weighted by Crippen LogP contribution is -2.31. The Bertz CT molecular complexity index is 425. The van der Waals surface area contributed by atoms with Crippen molar-refractivity contribution in [2.24, 2.45) is 0 Å². The minimum atomic E-state index is 0.548. The zero-order chi connectivity index (χ0) is 12.6. The van der Waals surface area contributed by atoms with E-state index in [1.807, 2.05) is 12.3 Å². The molecule has 2 aromatic heterocycles. The Kier molecular flexibility index (Phi) is 5.36. The second-order valence-corrected chi connectivity index (χ2v) is 5.23. The van der Waals surface area contributed by atoms with Crippen LogP contribution < -0.4 is 5.32 Å². The Balaban J connectivity index is 1.86. The van der Waals surface area contributed by atoms with Crippen molar-refractivity contribution in [1.29, 1.82) is 0 Å². The fourth-order valence-corrected chi connectivity index (χ4v) is 2.81. The average molecular weight is 260 g/mol. The summed E-state index contributed by atoms with van der Waals surface area (Å²) in [5, 5.41) is 7.96. The summed E-state index contributed by atoms with van der Waals surface area (Å²) in [5.74, 6) is 0. The summed E-state index contributed by atoms with van der Waals surface area (Å²) < 4.78 is 0. The maximum Gasteiger partial charge on any atom is 0.0404 e. The molecule has 2 nitrogen and oxygen atoms in total. The average Bonchev–Trinajstić information content (AvgIpc) is 2.90. The highest BCUT2D eigenvalue weighted by Gasteiger charge is 2.09. The van der Waals surface area contributed by atoms with Crippen LogP contribution in [-0.2, 0) is 12.8 Å². The van der Waals surface area contributed by atoms with Gasteiger partial charge in [-0.15, -0.1) is 0 Å². The smallest absolute Gasteiger partial charge is 0.0404 e. The van der Waals surface area contributed by atoms with Crippen molar-refractivity contribution in [3.05, 3.63) is 52.5 Å². The second-order valence-electron chi connectivity index (χ2n) is 4.45. The molecule has 0 radical (unpaired) electrons. The number of likely N-dealkylation sites (N-methyl/N-ethyl adjacent to an activating group) is 1. The summed E-state index contributed by atoms with van der Waals surface area (Å²) in [6.45, 7) is 3.19. The van der Waals surface area contributed by atoms with Crippen molar-refractivity contribution >= 4 is 11.3 Å². The van der Waals surface area contributed by atoms with Crippen molar-refractivity contribution < 1.29 is 0 Å². The molecule has 0 saturated heterocycles. The minimum Gasteiger partial charge on any atom is -0.314 e. The predicted octanol–water partition coefficient (Wildman–Crippen LogP) is 3.30. The summed E-state index contributed by atoms with van der Waals surface area (Å²) in [6, 6.07) is 8.90. The first-order valence-electron chi connectivity index (χ1n) is 6.53. The molecule has 0 saturated carbocycles. The summed E-state index contributed by atoms with van der Waals surface area (Å²) in [5.41, 5.74) is 2.62. The van der Waals surface area contributed by atoms with Crippen LogP contribution in [0.5, 0.6) is 0 Å². The van der Waals surface area contributed by atoms with Crippen LogP contribution in [0.4, 0.5) is 0 Å².